The van der Waals surface area contributed by atoms with Gasteiger partial charge in [-0.05, 0) is 51.0 Å². The van der Waals surface area contributed by atoms with Gasteiger partial charge < -0.3 is 4.90 Å². The number of alkyl halides is 2. The summed E-state index contributed by atoms with van der Waals surface area (Å²) in [5.41, 5.74) is 1.73. The number of rotatable bonds is 6. The highest BCUT2D eigenvalue weighted by molar-refractivity contribution is 7.14. The monoisotopic (exact) mass is 457 g/mol. The van der Waals surface area contributed by atoms with Gasteiger partial charge in [0.1, 0.15) is 15.8 Å². The van der Waals surface area contributed by atoms with Gasteiger partial charge in [-0.3, -0.25) is 4.79 Å². The van der Waals surface area contributed by atoms with Gasteiger partial charge in [-0.2, -0.15) is 0 Å². The molecule has 2 fully saturated rings. The number of aryl methyl sites for hydroxylation is 1. The van der Waals surface area contributed by atoms with Crippen LogP contribution < -0.4 is 0 Å². The molecule has 2 saturated heterocycles. The minimum atomic E-state index is -2.24. The van der Waals surface area contributed by atoms with Gasteiger partial charge in [0.2, 0.25) is 12.3 Å². The third kappa shape index (κ3) is 4.35. The number of halogens is 2. The van der Waals surface area contributed by atoms with E-state index in [0.29, 0.717) is 18.2 Å². The summed E-state index contributed by atoms with van der Waals surface area (Å²) in [5.74, 6) is 0.845. The van der Waals surface area contributed by atoms with E-state index in [2.05, 4.69) is 20.2 Å². The fraction of sp³-hybridized carbons (Fsp3) is 0.522. The van der Waals surface area contributed by atoms with Gasteiger partial charge in [0.25, 0.3) is 0 Å². The largest absolute Gasteiger partial charge is 0.336 e. The molecule has 3 aromatic rings. The molecule has 0 radical (unpaired) electrons. The van der Waals surface area contributed by atoms with Crippen molar-refractivity contribution in [3.63, 3.8) is 0 Å². The van der Waals surface area contributed by atoms with Crippen LogP contribution in [0.4, 0.5) is 8.78 Å². The number of hydrogen-bond donors (Lipinski definition) is 0. The molecule has 0 N–H and O–H groups in total. The van der Waals surface area contributed by atoms with Gasteiger partial charge in [-0.1, -0.05) is 23.5 Å². The van der Waals surface area contributed by atoms with Gasteiger partial charge in [0, 0.05) is 35.7 Å². The molecule has 1 aromatic carbocycles. The molecule has 32 heavy (non-hydrogen) atoms. The van der Waals surface area contributed by atoms with E-state index in [9.17, 15) is 13.6 Å². The molecule has 0 aliphatic carbocycles. The number of amides is 1. The normalized spacial score (nSPS) is 22.8. The van der Waals surface area contributed by atoms with Crippen molar-refractivity contribution in [3.8, 4) is 10.6 Å². The van der Waals surface area contributed by atoms with Gasteiger partial charge in [0.15, 0.2) is 0 Å². The highest BCUT2D eigenvalue weighted by Crippen LogP contribution is 2.41. The second-order valence-electron chi connectivity index (χ2n) is 8.85. The van der Waals surface area contributed by atoms with Gasteiger partial charge in [-0.15, -0.1) is 10.2 Å². The number of carbonyl (C=O) groups is 1. The zero-order valence-corrected chi connectivity index (χ0v) is 18.7. The Morgan fingerprint density at radius 3 is 2.69 bits per heavy atom. The first-order valence-electron chi connectivity index (χ1n) is 11.1. The highest BCUT2D eigenvalue weighted by atomic mass is 32.1. The minimum Gasteiger partial charge on any atom is -0.336 e. The van der Waals surface area contributed by atoms with Gasteiger partial charge in [-0.25, -0.2) is 18.7 Å². The van der Waals surface area contributed by atoms with E-state index in [-0.39, 0.29) is 30.8 Å². The summed E-state index contributed by atoms with van der Waals surface area (Å²) in [7, 11) is 0. The van der Waals surface area contributed by atoms with Crippen molar-refractivity contribution in [1.29, 1.82) is 0 Å². The van der Waals surface area contributed by atoms with E-state index in [0.717, 1.165) is 52.2 Å². The smallest absolute Gasteiger partial charge is 0.238 e. The second kappa shape index (κ2) is 8.77. The van der Waals surface area contributed by atoms with Crippen molar-refractivity contribution >= 4 is 28.1 Å². The number of aromatic nitrogens is 4. The molecule has 2 aliphatic rings. The molecule has 6 nitrogen and oxygen atoms in total. The topological polar surface area (TPSA) is 71.9 Å². The maximum absolute atomic E-state index is 13.1. The summed E-state index contributed by atoms with van der Waals surface area (Å²) in [6.45, 7) is 1.92. The van der Waals surface area contributed by atoms with Crippen molar-refractivity contribution in [1.82, 2.24) is 25.1 Å². The lowest BCUT2D eigenvalue weighted by Crippen LogP contribution is -2.47. The van der Waals surface area contributed by atoms with E-state index in [4.69, 9.17) is 0 Å². The number of nitrogens with zero attached hydrogens (tertiary/aromatic N) is 5. The van der Waals surface area contributed by atoms with Crippen LogP contribution in [0.25, 0.3) is 21.5 Å². The zero-order valence-electron chi connectivity index (χ0n) is 17.9. The van der Waals surface area contributed by atoms with Crippen LogP contribution in [0.2, 0.25) is 0 Å². The Morgan fingerprint density at radius 1 is 1.22 bits per heavy atom. The Hall–Kier alpha value is -2.55. The predicted octanol–water partition coefficient (Wildman–Crippen LogP) is 4.81. The van der Waals surface area contributed by atoms with Crippen molar-refractivity contribution in [2.24, 2.45) is 5.92 Å². The maximum Gasteiger partial charge on any atom is 0.238 e. The number of carbonyl (C=O) groups excluding carboxylic acids is 1. The Bertz CT molecular complexity index is 1120. The Labute approximate surface area is 189 Å². The van der Waals surface area contributed by atoms with Crippen molar-refractivity contribution in [2.75, 3.05) is 0 Å². The number of fused-ring (bicyclic) bond motifs is 3. The molecule has 2 aliphatic heterocycles. The summed E-state index contributed by atoms with van der Waals surface area (Å²) in [6, 6.07) is 6.22. The van der Waals surface area contributed by atoms with Crippen LogP contribution in [0.5, 0.6) is 0 Å². The molecular formula is C23H25F2N5OS. The third-order valence-corrected chi connectivity index (χ3v) is 7.51. The summed E-state index contributed by atoms with van der Waals surface area (Å²) in [5, 5.41) is 10.9. The van der Waals surface area contributed by atoms with Crippen molar-refractivity contribution in [3.05, 3.63) is 35.2 Å². The summed E-state index contributed by atoms with van der Waals surface area (Å²) >= 11 is 1.53. The molecule has 0 spiro atoms. The maximum atomic E-state index is 13.1. The van der Waals surface area contributed by atoms with Crippen LogP contribution in [0, 0.1) is 12.8 Å². The molecule has 3 atom stereocenters. The Kier molecular flexibility index (Phi) is 5.84. The van der Waals surface area contributed by atoms with Crippen LogP contribution in [0.15, 0.2) is 24.4 Å². The van der Waals surface area contributed by atoms with Crippen LogP contribution in [-0.4, -0.2) is 49.5 Å². The molecule has 5 rings (SSSR count). The molecule has 1 unspecified atom stereocenters. The molecule has 1 amide bonds. The second-order valence-corrected chi connectivity index (χ2v) is 10.0. The SMILES string of the molecule is Cc1nnc(-c2ccc3cnc(CC(=O)N4[C@@H]5CC[C@H]4CC(CCC(F)F)C5)nc3c2)s1. The van der Waals surface area contributed by atoms with Crippen molar-refractivity contribution in [2.45, 2.75) is 70.4 Å². The average molecular weight is 458 g/mol. The first kappa shape index (κ1) is 21.3. The summed E-state index contributed by atoms with van der Waals surface area (Å²) in [6.07, 6.45) is 3.77. The fourth-order valence-corrected chi connectivity index (χ4v) is 5.90. The third-order valence-electron chi connectivity index (χ3n) is 6.63. The van der Waals surface area contributed by atoms with Gasteiger partial charge >= 0.3 is 0 Å². The number of hydrogen-bond acceptors (Lipinski definition) is 6. The summed E-state index contributed by atoms with van der Waals surface area (Å²) < 4.78 is 25.2. The van der Waals surface area contributed by atoms with E-state index in [1.165, 1.54) is 11.3 Å². The molecule has 4 heterocycles. The molecular weight excluding hydrogens is 432 g/mol. The lowest BCUT2D eigenvalue weighted by Gasteiger charge is -2.39. The molecule has 9 heteroatoms. The van der Waals surface area contributed by atoms with Crippen LogP contribution in [0.1, 0.15) is 49.4 Å². The minimum absolute atomic E-state index is 0.0401. The lowest BCUT2D eigenvalue weighted by atomic mass is 9.87. The summed E-state index contributed by atoms with van der Waals surface area (Å²) in [4.78, 5) is 24.2. The first-order chi connectivity index (χ1) is 15.5. The first-order valence-corrected chi connectivity index (χ1v) is 11.9. The standard InChI is InChI=1S/C23H25F2N5OS/c1-13-28-29-23(32-13)15-3-4-16-12-26-21(27-19(16)10-15)11-22(31)30-17-5-6-18(30)9-14(8-17)2-7-20(24)25/h3-4,10,12,14,17-18,20H,2,5-9,11H2,1H3/t14?,17-,18+. The molecule has 2 aromatic heterocycles. The van der Waals surface area contributed by atoms with E-state index in [1.807, 2.05) is 30.0 Å². The van der Waals surface area contributed by atoms with Crippen LogP contribution >= 0.6 is 11.3 Å². The van der Waals surface area contributed by atoms with E-state index >= 15 is 0 Å². The lowest BCUT2D eigenvalue weighted by molar-refractivity contribution is -0.135. The highest BCUT2D eigenvalue weighted by Gasteiger charge is 2.43. The molecule has 168 valence electrons. The average Bonchev–Trinajstić information content (AvgIpc) is 3.32. The van der Waals surface area contributed by atoms with E-state index < -0.39 is 6.43 Å². The number of benzene rings is 1. The van der Waals surface area contributed by atoms with Crippen molar-refractivity contribution < 1.29 is 13.6 Å². The molecule has 0 saturated carbocycles. The Balaban J connectivity index is 1.29. The number of piperidine rings is 1. The van der Waals surface area contributed by atoms with Gasteiger partial charge in [0.05, 0.1) is 11.9 Å². The van der Waals surface area contributed by atoms with Crippen LogP contribution in [-0.2, 0) is 11.2 Å². The predicted molar refractivity (Wildman–Crippen MR) is 119 cm³/mol. The quantitative estimate of drug-likeness (QED) is 0.531. The van der Waals surface area contributed by atoms with Crippen LogP contribution in [0.3, 0.4) is 0 Å². The molecule has 2 bridgehead atoms. The Morgan fingerprint density at radius 2 is 2.00 bits per heavy atom. The zero-order chi connectivity index (χ0) is 22.2. The fourth-order valence-electron chi connectivity index (χ4n) is 5.21. The van der Waals surface area contributed by atoms with E-state index in [1.54, 1.807) is 6.20 Å².